The Morgan fingerprint density at radius 1 is 1.22 bits per heavy atom. The SMILES string of the molecule is C[C@@H]1C[C@H]2[C@@H]3CCC4=CC(=O)C=C[C@]4(C)[C@H]3C(=O)C[C@]2(C)[C@H]1C(=O)C(=O)O. The summed E-state index contributed by atoms with van der Waals surface area (Å²) in [5.74, 6) is -2.58. The van der Waals surface area contributed by atoms with E-state index in [9.17, 15) is 24.3 Å². The smallest absolute Gasteiger partial charge is 0.372 e. The molecule has 0 spiro atoms. The number of hydrogen-bond acceptors (Lipinski definition) is 4. The molecule has 1 N–H and O–H groups in total. The Labute approximate surface area is 158 Å². The van der Waals surface area contributed by atoms with Gasteiger partial charge in [0.1, 0.15) is 5.78 Å². The van der Waals surface area contributed by atoms with E-state index in [2.05, 4.69) is 6.92 Å². The van der Waals surface area contributed by atoms with Crippen LogP contribution in [0.25, 0.3) is 0 Å². The van der Waals surface area contributed by atoms with E-state index >= 15 is 0 Å². The summed E-state index contributed by atoms with van der Waals surface area (Å²) in [4.78, 5) is 49.0. The first-order chi connectivity index (χ1) is 12.6. The highest BCUT2D eigenvalue weighted by atomic mass is 16.4. The molecule has 0 aliphatic heterocycles. The van der Waals surface area contributed by atoms with Crippen LogP contribution in [0.2, 0.25) is 0 Å². The van der Waals surface area contributed by atoms with Crippen molar-refractivity contribution in [2.75, 3.05) is 0 Å². The number of carbonyl (C=O) groups excluding carboxylic acids is 3. The minimum atomic E-state index is -1.39. The van der Waals surface area contributed by atoms with Gasteiger partial charge in [0.05, 0.1) is 0 Å². The van der Waals surface area contributed by atoms with Crippen LogP contribution in [0.3, 0.4) is 0 Å². The third-order valence-electron chi connectivity index (χ3n) is 8.09. The van der Waals surface area contributed by atoms with E-state index in [1.807, 2.05) is 19.9 Å². The highest BCUT2D eigenvalue weighted by molar-refractivity contribution is 6.33. The first-order valence-corrected chi connectivity index (χ1v) is 9.83. The van der Waals surface area contributed by atoms with Gasteiger partial charge in [0, 0.05) is 23.7 Å². The largest absolute Gasteiger partial charge is 0.475 e. The fraction of sp³-hybridized carbons (Fsp3) is 0.636. The van der Waals surface area contributed by atoms with E-state index in [4.69, 9.17) is 0 Å². The molecule has 0 bridgehead atoms. The van der Waals surface area contributed by atoms with Gasteiger partial charge in [-0.05, 0) is 54.6 Å². The number of carboxylic acid groups (broad SMARTS) is 1. The molecule has 4 aliphatic rings. The molecule has 0 radical (unpaired) electrons. The highest BCUT2D eigenvalue weighted by Crippen LogP contribution is 2.66. The quantitative estimate of drug-likeness (QED) is 0.755. The van der Waals surface area contributed by atoms with Crippen molar-refractivity contribution in [3.8, 4) is 0 Å². The van der Waals surface area contributed by atoms with Gasteiger partial charge in [-0.2, -0.15) is 0 Å². The lowest BCUT2D eigenvalue weighted by Gasteiger charge is -2.55. The number of rotatable bonds is 2. The highest BCUT2D eigenvalue weighted by Gasteiger charge is 2.64. The predicted octanol–water partition coefficient (Wildman–Crippen LogP) is 2.99. The lowest BCUT2D eigenvalue weighted by molar-refractivity contribution is -0.157. The lowest BCUT2D eigenvalue weighted by atomic mass is 9.47. The average molecular weight is 370 g/mol. The number of Topliss-reactive ketones (excluding diaryl/α,β-unsaturated/α-hetero) is 2. The van der Waals surface area contributed by atoms with Gasteiger partial charge in [-0.15, -0.1) is 0 Å². The first-order valence-electron chi connectivity index (χ1n) is 9.83. The zero-order valence-corrected chi connectivity index (χ0v) is 16.0. The van der Waals surface area contributed by atoms with Crippen molar-refractivity contribution in [3.05, 3.63) is 23.8 Å². The molecule has 0 unspecified atom stereocenters. The molecule has 7 atom stereocenters. The lowest BCUT2D eigenvalue weighted by Crippen LogP contribution is -2.55. The van der Waals surface area contributed by atoms with Crippen molar-refractivity contribution in [1.29, 1.82) is 0 Å². The molecule has 0 heterocycles. The van der Waals surface area contributed by atoms with Crippen LogP contribution in [0.1, 0.15) is 46.5 Å². The standard InChI is InChI=1S/C22H26O5/c1-11-8-15-14-5-4-12-9-13(23)6-7-21(12,2)18(14)16(24)10-22(15,3)17(11)19(25)20(26)27/h6-7,9,11,14-15,17-18H,4-5,8,10H2,1-3H3,(H,26,27)/t11-,14+,15+,17-,18-,21+,22+/m1/s1. The number of allylic oxidation sites excluding steroid dienone is 4. The maximum atomic E-state index is 13.4. The van der Waals surface area contributed by atoms with Crippen LogP contribution in [0.15, 0.2) is 23.8 Å². The maximum absolute atomic E-state index is 13.4. The molecule has 0 saturated heterocycles. The Morgan fingerprint density at radius 2 is 1.93 bits per heavy atom. The zero-order chi connectivity index (χ0) is 19.7. The summed E-state index contributed by atoms with van der Waals surface area (Å²) in [6.45, 7) is 5.95. The molecule has 0 aromatic heterocycles. The van der Waals surface area contributed by atoms with Crippen LogP contribution in [-0.2, 0) is 19.2 Å². The van der Waals surface area contributed by atoms with Gasteiger partial charge in [-0.3, -0.25) is 14.4 Å². The summed E-state index contributed by atoms with van der Waals surface area (Å²) in [6, 6.07) is 0. The first kappa shape index (κ1) is 18.3. The van der Waals surface area contributed by atoms with Crippen LogP contribution < -0.4 is 0 Å². The van der Waals surface area contributed by atoms with Gasteiger partial charge < -0.3 is 5.11 Å². The van der Waals surface area contributed by atoms with Gasteiger partial charge in [0.2, 0.25) is 5.78 Å². The van der Waals surface area contributed by atoms with Crippen molar-refractivity contribution >= 4 is 23.3 Å². The summed E-state index contributed by atoms with van der Waals surface area (Å²) in [6.07, 6.45) is 7.79. The van der Waals surface area contributed by atoms with Crippen molar-refractivity contribution < 1.29 is 24.3 Å². The van der Waals surface area contributed by atoms with E-state index in [0.29, 0.717) is 0 Å². The van der Waals surface area contributed by atoms with Crippen LogP contribution in [0.4, 0.5) is 0 Å². The Balaban J connectivity index is 1.75. The molecule has 27 heavy (non-hydrogen) atoms. The fourth-order valence-corrected chi connectivity index (χ4v) is 7.09. The normalized spacial score (nSPS) is 45.6. The number of fused-ring (bicyclic) bond motifs is 5. The van der Waals surface area contributed by atoms with Crippen LogP contribution in [-0.4, -0.2) is 28.4 Å². The number of hydrogen-bond donors (Lipinski definition) is 1. The number of carbonyl (C=O) groups is 4. The summed E-state index contributed by atoms with van der Waals surface area (Å²) >= 11 is 0. The number of carboxylic acids is 1. The molecule has 5 heteroatoms. The van der Waals surface area contributed by atoms with Gasteiger partial charge in [-0.1, -0.05) is 32.4 Å². The van der Waals surface area contributed by atoms with E-state index in [0.717, 1.165) is 24.8 Å². The second kappa shape index (κ2) is 5.73. The molecular weight excluding hydrogens is 344 g/mol. The minimum absolute atomic E-state index is 0.0179. The number of aliphatic carboxylic acids is 1. The molecule has 0 amide bonds. The summed E-state index contributed by atoms with van der Waals surface area (Å²) in [7, 11) is 0. The Bertz CT molecular complexity index is 821. The topological polar surface area (TPSA) is 88.5 Å². The molecule has 4 aliphatic carbocycles. The van der Waals surface area contributed by atoms with Gasteiger partial charge in [0.25, 0.3) is 0 Å². The van der Waals surface area contributed by atoms with Crippen molar-refractivity contribution in [2.45, 2.75) is 46.5 Å². The molecule has 0 aromatic carbocycles. The third-order valence-corrected chi connectivity index (χ3v) is 8.09. The second-order valence-corrected chi connectivity index (χ2v) is 9.48. The average Bonchev–Trinajstić information content (AvgIpc) is 2.84. The minimum Gasteiger partial charge on any atom is -0.475 e. The van der Waals surface area contributed by atoms with E-state index < -0.39 is 28.5 Å². The summed E-state index contributed by atoms with van der Waals surface area (Å²) in [5.41, 5.74) is 0.0177. The Morgan fingerprint density at radius 3 is 2.59 bits per heavy atom. The zero-order valence-electron chi connectivity index (χ0n) is 16.0. The predicted molar refractivity (Wildman–Crippen MR) is 97.7 cm³/mol. The number of ketones is 3. The molecule has 4 rings (SSSR count). The molecule has 3 fully saturated rings. The van der Waals surface area contributed by atoms with E-state index in [-0.39, 0.29) is 41.7 Å². The molecule has 3 saturated carbocycles. The monoisotopic (exact) mass is 370 g/mol. The Kier molecular flexibility index (Phi) is 3.89. The molecular formula is C22H26O5. The van der Waals surface area contributed by atoms with E-state index in [1.54, 1.807) is 12.2 Å². The molecule has 0 aromatic rings. The fourth-order valence-electron chi connectivity index (χ4n) is 7.09. The summed E-state index contributed by atoms with van der Waals surface area (Å²) in [5, 5.41) is 9.30. The van der Waals surface area contributed by atoms with Gasteiger partial charge >= 0.3 is 5.97 Å². The maximum Gasteiger partial charge on any atom is 0.372 e. The van der Waals surface area contributed by atoms with Gasteiger partial charge in [0.15, 0.2) is 5.78 Å². The third kappa shape index (κ3) is 2.36. The summed E-state index contributed by atoms with van der Waals surface area (Å²) < 4.78 is 0. The Hall–Kier alpha value is -2.04. The second-order valence-electron chi connectivity index (χ2n) is 9.48. The van der Waals surface area contributed by atoms with Crippen LogP contribution in [0, 0.1) is 40.4 Å². The van der Waals surface area contributed by atoms with E-state index in [1.165, 1.54) is 0 Å². The van der Waals surface area contributed by atoms with Crippen LogP contribution >= 0.6 is 0 Å². The molecule has 5 nitrogen and oxygen atoms in total. The van der Waals surface area contributed by atoms with Crippen molar-refractivity contribution in [2.24, 2.45) is 40.4 Å². The van der Waals surface area contributed by atoms with Gasteiger partial charge in [-0.25, -0.2) is 4.79 Å². The van der Waals surface area contributed by atoms with Crippen molar-refractivity contribution in [1.82, 2.24) is 0 Å². The van der Waals surface area contributed by atoms with Crippen molar-refractivity contribution in [3.63, 3.8) is 0 Å². The molecule has 144 valence electrons. The van der Waals surface area contributed by atoms with Crippen LogP contribution in [0.5, 0.6) is 0 Å².